The first-order chi connectivity index (χ1) is 13.2. The van der Waals surface area contributed by atoms with Gasteiger partial charge in [0.2, 0.25) is 0 Å². The summed E-state index contributed by atoms with van der Waals surface area (Å²) in [5.41, 5.74) is -0.121. The van der Waals surface area contributed by atoms with Crippen LogP contribution in [0.3, 0.4) is 0 Å². The number of benzene rings is 1. The third-order valence-corrected chi connectivity index (χ3v) is 4.46. The first-order valence-corrected chi connectivity index (χ1v) is 9.16. The molecule has 1 saturated carbocycles. The molecule has 1 aliphatic carbocycles. The van der Waals surface area contributed by atoms with Crippen LogP contribution in [0.4, 0.5) is 13.6 Å². The SMILES string of the molecule is CC(C)(C)OC(=O)NCC1(COc2cncc(-c3cc(F)ccc3F)c2)CC1. The summed E-state index contributed by atoms with van der Waals surface area (Å²) in [5, 5.41) is 2.78. The summed E-state index contributed by atoms with van der Waals surface area (Å²) in [5.74, 6) is -0.585. The Hall–Kier alpha value is -2.70. The lowest BCUT2D eigenvalue weighted by atomic mass is 10.1. The number of halogens is 2. The van der Waals surface area contributed by atoms with Gasteiger partial charge in [0.05, 0.1) is 12.8 Å². The van der Waals surface area contributed by atoms with Crippen molar-refractivity contribution in [1.82, 2.24) is 10.3 Å². The molecule has 0 spiro atoms. The van der Waals surface area contributed by atoms with Crippen LogP contribution in [-0.4, -0.2) is 29.8 Å². The van der Waals surface area contributed by atoms with Gasteiger partial charge in [0.1, 0.15) is 23.0 Å². The van der Waals surface area contributed by atoms with Gasteiger partial charge in [0.25, 0.3) is 0 Å². The number of ether oxygens (including phenoxy) is 2. The molecule has 0 saturated heterocycles. The molecule has 1 N–H and O–H groups in total. The van der Waals surface area contributed by atoms with Crippen molar-refractivity contribution in [1.29, 1.82) is 0 Å². The van der Waals surface area contributed by atoms with E-state index in [0.717, 1.165) is 31.0 Å². The summed E-state index contributed by atoms with van der Waals surface area (Å²) in [7, 11) is 0. The van der Waals surface area contributed by atoms with Crippen LogP contribution in [-0.2, 0) is 4.74 Å². The molecule has 0 bridgehead atoms. The fourth-order valence-corrected chi connectivity index (χ4v) is 2.72. The maximum Gasteiger partial charge on any atom is 0.407 e. The van der Waals surface area contributed by atoms with E-state index in [0.29, 0.717) is 24.5 Å². The third-order valence-electron chi connectivity index (χ3n) is 4.46. The molecule has 0 unspecified atom stereocenters. The van der Waals surface area contributed by atoms with Gasteiger partial charge >= 0.3 is 6.09 Å². The quantitative estimate of drug-likeness (QED) is 0.776. The lowest BCUT2D eigenvalue weighted by Gasteiger charge is -2.22. The molecule has 150 valence electrons. The Balaban J connectivity index is 1.59. The normalized spacial score (nSPS) is 15.0. The van der Waals surface area contributed by atoms with Gasteiger partial charge in [-0.25, -0.2) is 13.6 Å². The first-order valence-electron chi connectivity index (χ1n) is 9.16. The van der Waals surface area contributed by atoms with E-state index in [-0.39, 0.29) is 11.0 Å². The molecule has 1 heterocycles. The molecule has 1 aromatic carbocycles. The van der Waals surface area contributed by atoms with Crippen molar-refractivity contribution in [3.8, 4) is 16.9 Å². The van der Waals surface area contributed by atoms with E-state index in [4.69, 9.17) is 9.47 Å². The van der Waals surface area contributed by atoms with Crippen LogP contribution < -0.4 is 10.1 Å². The highest BCUT2D eigenvalue weighted by Gasteiger charge is 2.44. The molecule has 1 aliphatic rings. The van der Waals surface area contributed by atoms with Crippen LogP contribution >= 0.6 is 0 Å². The Morgan fingerprint density at radius 1 is 1.21 bits per heavy atom. The maximum absolute atomic E-state index is 14.0. The average molecular weight is 390 g/mol. The van der Waals surface area contributed by atoms with Crippen molar-refractivity contribution in [2.24, 2.45) is 5.41 Å². The lowest BCUT2D eigenvalue weighted by Crippen LogP contribution is -2.37. The lowest BCUT2D eigenvalue weighted by molar-refractivity contribution is 0.0509. The second-order valence-corrected chi connectivity index (χ2v) is 8.18. The van der Waals surface area contributed by atoms with Crippen LogP contribution in [0, 0.1) is 17.0 Å². The molecule has 1 aromatic heterocycles. The van der Waals surface area contributed by atoms with Crippen LogP contribution in [0.2, 0.25) is 0 Å². The third kappa shape index (κ3) is 5.41. The van der Waals surface area contributed by atoms with Gasteiger partial charge in [-0.2, -0.15) is 0 Å². The minimum atomic E-state index is -0.546. The number of amides is 1. The largest absolute Gasteiger partial charge is 0.491 e. The Morgan fingerprint density at radius 3 is 2.64 bits per heavy atom. The number of aromatic nitrogens is 1. The maximum atomic E-state index is 14.0. The molecular weight excluding hydrogens is 366 g/mol. The van der Waals surface area contributed by atoms with E-state index in [9.17, 15) is 13.6 Å². The number of carbonyl (C=O) groups is 1. The molecule has 2 aromatic rings. The Labute approximate surface area is 163 Å². The van der Waals surface area contributed by atoms with Crippen LogP contribution in [0.15, 0.2) is 36.7 Å². The second-order valence-electron chi connectivity index (χ2n) is 8.18. The summed E-state index contributed by atoms with van der Waals surface area (Å²) in [6.45, 7) is 6.27. The minimum Gasteiger partial charge on any atom is -0.491 e. The van der Waals surface area contributed by atoms with Gasteiger partial charge in [-0.1, -0.05) is 0 Å². The zero-order valence-electron chi connectivity index (χ0n) is 16.2. The number of nitrogens with one attached hydrogen (secondary N) is 1. The Morgan fingerprint density at radius 2 is 1.96 bits per heavy atom. The fourth-order valence-electron chi connectivity index (χ4n) is 2.72. The standard InChI is InChI=1S/C21H24F2N2O3/c1-20(2,3)28-19(26)25-12-21(6-7-21)13-27-16-8-14(10-24-11-16)17-9-15(22)4-5-18(17)23/h4-5,8-11H,6-7,12-13H2,1-3H3,(H,25,26). The molecule has 28 heavy (non-hydrogen) atoms. The highest BCUT2D eigenvalue weighted by Crippen LogP contribution is 2.45. The van der Waals surface area contributed by atoms with Crippen molar-refractivity contribution in [3.63, 3.8) is 0 Å². The van der Waals surface area contributed by atoms with Gasteiger partial charge in [0, 0.05) is 29.3 Å². The van der Waals surface area contributed by atoms with E-state index in [1.54, 1.807) is 6.07 Å². The summed E-state index contributed by atoms with van der Waals surface area (Å²) >= 11 is 0. The van der Waals surface area contributed by atoms with E-state index in [1.165, 1.54) is 12.4 Å². The predicted molar refractivity (Wildman–Crippen MR) is 101 cm³/mol. The Kier molecular flexibility index (Phi) is 5.54. The highest BCUT2D eigenvalue weighted by molar-refractivity contribution is 5.67. The topological polar surface area (TPSA) is 60.5 Å². The van der Waals surface area contributed by atoms with Crippen molar-refractivity contribution in [2.75, 3.05) is 13.2 Å². The second kappa shape index (κ2) is 7.73. The van der Waals surface area contributed by atoms with E-state index >= 15 is 0 Å². The monoisotopic (exact) mass is 390 g/mol. The number of rotatable bonds is 6. The molecule has 3 rings (SSSR count). The molecule has 1 fully saturated rings. The van der Waals surface area contributed by atoms with E-state index < -0.39 is 23.3 Å². The van der Waals surface area contributed by atoms with Gasteiger partial charge < -0.3 is 14.8 Å². The Bertz CT molecular complexity index is 861. The van der Waals surface area contributed by atoms with Crippen molar-refractivity contribution in [3.05, 3.63) is 48.3 Å². The number of pyridine rings is 1. The molecular formula is C21H24F2N2O3. The van der Waals surface area contributed by atoms with Gasteiger partial charge in [-0.05, 0) is 57.9 Å². The number of carbonyl (C=O) groups excluding carboxylic acids is 1. The van der Waals surface area contributed by atoms with Crippen molar-refractivity contribution in [2.45, 2.75) is 39.2 Å². The molecule has 0 atom stereocenters. The zero-order valence-corrected chi connectivity index (χ0v) is 16.2. The van der Waals surface area contributed by atoms with Gasteiger partial charge in [-0.3, -0.25) is 4.98 Å². The number of nitrogens with zero attached hydrogens (tertiary/aromatic N) is 1. The smallest absolute Gasteiger partial charge is 0.407 e. The molecule has 0 aliphatic heterocycles. The van der Waals surface area contributed by atoms with Crippen molar-refractivity contribution < 1.29 is 23.0 Å². The fraction of sp³-hybridized carbons (Fsp3) is 0.429. The summed E-state index contributed by atoms with van der Waals surface area (Å²) < 4.78 is 38.5. The predicted octanol–water partition coefficient (Wildman–Crippen LogP) is 4.71. The molecule has 5 nitrogen and oxygen atoms in total. The van der Waals surface area contributed by atoms with Crippen molar-refractivity contribution >= 4 is 6.09 Å². The minimum absolute atomic E-state index is 0.130. The first kappa shape index (κ1) is 20.0. The van der Waals surface area contributed by atoms with E-state index in [1.807, 2.05) is 20.8 Å². The highest BCUT2D eigenvalue weighted by atomic mass is 19.1. The van der Waals surface area contributed by atoms with Gasteiger partial charge in [0.15, 0.2) is 0 Å². The summed E-state index contributed by atoms with van der Waals surface area (Å²) in [6, 6.07) is 4.91. The zero-order chi connectivity index (χ0) is 20.4. The van der Waals surface area contributed by atoms with Crippen LogP contribution in [0.1, 0.15) is 33.6 Å². The molecule has 0 radical (unpaired) electrons. The number of hydrogen-bond acceptors (Lipinski definition) is 4. The van der Waals surface area contributed by atoms with Gasteiger partial charge in [-0.15, -0.1) is 0 Å². The van der Waals surface area contributed by atoms with Crippen LogP contribution in [0.5, 0.6) is 5.75 Å². The molecule has 7 heteroatoms. The molecule has 1 amide bonds. The van der Waals surface area contributed by atoms with E-state index in [2.05, 4.69) is 10.3 Å². The summed E-state index contributed by atoms with van der Waals surface area (Å²) in [6.07, 6.45) is 4.38. The van der Waals surface area contributed by atoms with Crippen LogP contribution in [0.25, 0.3) is 11.1 Å². The summed E-state index contributed by atoms with van der Waals surface area (Å²) in [4.78, 5) is 15.9. The number of hydrogen-bond donors (Lipinski definition) is 1. The average Bonchev–Trinajstić information content (AvgIpc) is 3.40. The number of alkyl carbamates (subject to hydrolysis) is 1.